The smallest absolute Gasteiger partial charge is 0.239 e. The third-order valence-electron chi connectivity index (χ3n) is 2.79. The van der Waals surface area contributed by atoms with E-state index in [2.05, 4.69) is 50.0 Å². The lowest BCUT2D eigenvalue weighted by molar-refractivity contribution is -0.119. The van der Waals surface area contributed by atoms with Crippen LogP contribution in [0.4, 0.5) is 5.69 Å². The van der Waals surface area contributed by atoms with Gasteiger partial charge in [0.25, 0.3) is 0 Å². The third-order valence-corrected chi connectivity index (χ3v) is 2.79. The monoisotopic (exact) mass is 248 g/mol. The van der Waals surface area contributed by atoms with Crippen LogP contribution in [0.15, 0.2) is 24.3 Å². The maximum atomic E-state index is 11.8. The summed E-state index contributed by atoms with van der Waals surface area (Å²) in [7, 11) is 0. The van der Waals surface area contributed by atoms with E-state index in [4.69, 9.17) is 0 Å². The van der Waals surface area contributed by atoms with Crippen LogP contribution in [-0.2, 0) is 4.79 Å². The molecule has 0 aliphatic heterocycles. The molecule has 1 amide bonds. The van der Waals surface area contributed by atoms with Crippen molar-refractivity contribution in [2.45, 2.75) is 27.7 Å². The Morgan fingerprint density at radius 2 is 2.11 bits per heavy atom. The molecule has 1 aromatic rings. The molecule has 0 radical (unpaired) electrons. The molecular formula is C15H24N2O. The number of nitrogens with one attached hydrogen (secondary N) is 1. The zero-order chi connectivity index (χ0) is 13.5. The molecule has 0 fully saturated rings. The van der Waals surface area contributed by atoms with E-state index in [1.54, 1.807) is 0 Å². The molecule has 0 aliphatic carbocycles. The Kier molecular flexibility index (Phi) is 5.69. The van der Waals surface area contributed by atoms with Gasteiger partial charge in [0.15, 0.2) is 0 Å². The van der Waals surface area contributed by atoms with Crippen molar-refractivity contribution in [2.24, 2.45) is 5.92 Å². The van der Waals surface area contributed by atoms with Crippen LogP contribution in [0.5, 0.6) is 0 Å². The summed E-state index contributed by atoms with van der Waals surface area (Å²) in [4.78, 5) is 13.9. The second-order valence-corrected chi connectivity index (χ2v) is 5.05. The van der Waals surface area contributed by atoms with Crippen molar-refractivity contribution < 1.29 is 4.79 Å². The molecule has 0 spiro atoms. The largest absolute Gasteiger partial charge is 0.362 e. The number of carbonyl (C=O) groups excluding carboxylic acids is 1. The summed E-state index contributed by atoms with van der Waals surface area (Å²) in [5.74, 6) is 0.579. The van der Waals surface area contributed by atoms with Gasteiger partial charge in [0.05, 0.1) is 6.54 Å². The SMILES string of the molecule is CCN(CC(=O)NCC(C)C)c1cccc(C)c1. The molecule has 100 valence electrons. The molecule has 0 aromatic heterocycles. The normalized spacial score (nSPS) is 10.5. The van der Waals surface area contributed by atoms with Gasteiger partial charge in [0, 0.05) is 18.8 Å². The minimum absolute atomic E-state index is 0.0899. The molecular weight excluding hydrogens is 224 g/mol. The highest BCUT2D eigenvalue weighted by molar-refractivity contribution is 5.81. The first-order chi connectivity index (χ1) is 8.52. The molecule has 18 heavy (non-hydrogen) atoms. The number of amides is 1. The van der Waals surface area contributed by atoms with E-state index in [1.807, 2.05) is 12.1 Å². The number of rotatable bonds is 6. The lowest BCUT2D eigenvalue weighted by Gasteiger charge is -2.23. The fraction of sp³-hybridized carbons (Fsp3) is 0.533. The van der Waals surface area contributed by atoms with Crippen LogP contribution in [0.1, 0.15) is 26.3 Å². The fourth-order valence-electron chi connectivity index (χ4n) is 1.76. The molecule has 0 heterocycles. The van der Waals surface area contributed by atoms with Crippen molar-refractivity contribution in [1.29, 1.82) is 0 Å². The predicted octanol–water partition coefficient (Wildman–Crippen LogP) is 2.59. The Bertz CT molecular complexity index is 388. The van der Waals surface area contributed by atoms with E-state index < -0.39 is 0 Å². The van der Waals surface area contributed by atoms with E-state index in [0.717, 1.165) is 18.8 Å². The number of benzene rings is 1. The second kappa shape index (κ2) is 7.04. The highest BCUT2D eigenvalue weighted by Gasteiger charge is 2.10. The van der Waals surface area contributed by atoms with E-state index in [0.29, 0.717) is 12.5 Å². The molecule has 0 saturated carbocycles. The maximum Gasteiger partial charge on any atom is 0.239 e. The summed E-state index contributed by atoms with van der Waals surface area (Å²) >= 11 is 0. The predicted molar refractivity (Wildman–Crippen MR) is 76.9 cm³/mol. The van der Waals surface area contributed by atoms with Crippen molar-refractivity contribution >= 4 is 11.6 Å². The quantitative estimate of drug-likeness (QED) is 0.839. The first-order valence-corrected chi connectivity index (χ1v) is 6.61. The van der Waals surface area contributed by atoms with Crippen molar-refractivity contribution in [3.8, 4) is 0 Å². The summed E-state index contributed by atoms with van der Waals surface area (Å²) < 4.78 is 0. The second-order valence-electron chi connectivity index (χ2n) is 5.05. The molecule has 3 nitrogen and oxygen atoms in total. The highest BCUT2D eigenvalue weighted by Crippen LogP contribution is 2.15. The average molecular weight is 248 g/mol. The first kappa shape index (κ1) is 14.6. The molecule has 1 N–H and O–H groups in total. The van der Waals surface area contributed by atoms with Gasteiger partial charge < -0.3 is 10.2 Å². The minimum Gasteiger partial charge on any atom is -0.362 e. The van der Waals surface area contributed by atoms with Crippen LogP contribution in [0, 0.1) is 12.8 Å². The van der Waals surface area contributed by atoms with Crippen molar-refractivity contribution in [2.75, 3.05) is 24.5 Å². The Labute approximate surface area is 110 Å². The fourth-order valence-corrected chi connectivity index (χ4v) is 1.76. The van der Waals surface area contributed by atoms with Gasteiger partial charge in [0.2, 0.25) is 5.91 Å². The van der Waals surface area contributed by atoms with Gasteiger partial charge in [-0.3, -0.25) is 4.79 Å². The van der Waals surface area contributed by atoms with Crippen LogP contribution >= 0.6 is 0 Å². The number of hydrogen-bond donors (Lipinski definition) is 1. The van der Waals surface area contributed by atoms with Gasteiger partial charge >= 0.3 is 0 Å². The number of aryl methyl sites for hydroxylation is 1. The lowest BCUT2D eigenvalue weighted by atomic mass is 10.2. The van der Waals surface area contributed by atoms with Crippen LogP contribution in [-0.4, -0.2) is 25.5 Å². The number of hydrogen-bond acceptors (Lipinski definition) is 2. The van der Waals surface area contributed by atoms with Gasteiger partial charge in [-0.05, 0) is 37.5 Å². The molecule has 0 bridgehead atoms. The summed E-state index contributed by atoms with van der Waals surface area (Å²) in [5.41, 5.74) is 2.32. The zero-order valence-corrected chi connectivity index (χ0v) is 11.9. The number of carbonyl (C=O) groups is 1. The number of likely N-dealkylation sites (N-methyl/N-ethyl adjacent to an activating group) is 1. The third kappa shape index (κ3) is 4.78. The molecule has 1 aromatic carbocycles. The summed E-state index contributed by atoms with van der Waals surface area (Å²) in [5, 5.41) is 2.95. The molecule has 3 heteroatoms. The minimum atomic E-state index is 0.0899. The Balaban J connectivity index is 2.59. The van der Waals surface area contributed by atoms with Crippen LogP contribution in [0.3, 0.4) is 0 Å². The molecule has 0 saturated heterocycles. The molecule has 0 aliphatic rings. The summed E-state index contributed by atoms with van der Waals surface area (Å²) in [6.45, 7) is 10.3. The highest BCUT2D eigenvalue weighted by atomic mass is 16.2. The van der Waals surface area contributed by atoms with Gasteiger partial charge in [-0.2, -0.15) is 0 Å². The van der Waals surface area contributed by atoms with Crippen molar-refractivity contribution in [3.63, 3.8) is 0 Å². The maximum absolute atomic E-state index is 11.8. The first-order valence-electron chi connectivity index (χ1n) is 6.61. The van der Waals surface area contributed by atoms with Gasteiger partial charge in [-0.25, -0.2) is 0 Å². The van der Waals surface area contributed by atoms with Crippen molar-refractivity contribution in [3.05, 3.63) is 29.8 Å². The molecule has 0 atom stereocenters. The van der Waals surface area contributed by atoms with E-state index >= 15 is 0 Å². The molecule has 1 rings (SSSR count). The average Bonchev–Trinajstić information content (AvgIpc) is 2.33. The Hall–Kier alpha value is -1.51. The van der Waals surface area contributed by atoms with Gasteiger partial charge in [-0.1, -0.05) is 26.0 Å². The summed E-state index contributed by atoms with van der Waals surface area (Å²) in [6.07, 6.45) is 0. The Morgan fingerprint density at radius 3 is 2.67 bits per heavy atom. The van der Waals surface area contributed by atoms with Gasteiger partial charge in [-0.15, -0.1) is 0 Å². The van der Waals surface area contributed by atoms with Crippen LogP contribution in [0.2, 0.25) is 0 Å². The number of nitrogens with zero attached hydrogens (tertiary/aromatic N) is 1. The Morgan fingerprint density at radius 1 is 1.39 bits per heavy atom. The van der Waals surface area contributed by atoms with Gasteiger partial charge in [0.1, 0.15) is 0 Å². The molecule has 0 unspecified atom stereocenters. The van der Waals surface area contributed by atoms with E-state index in [1.165, 1.54) is 5.56 Å². The lowest BCUT2D eigenvalue weighted by Crippen LogP contribution is -2.38. The number of anilines is 1. The van der Waals surface area contributed by atoms with Crippen LogP contribution < -0.4 is 10.2 Å². The standard InChI is InChI=1S/C15H24N2O/c1-5-17(11-15(18)16-10-12(2)3)14-8-6-7-13(4)9-14/h6-9,12H,5,10-11H2,1-4H3,(H,16,18). The van der Waals surface area contributed by atoms with E-state index in [9.17, 15) is 4.79 Å². The zero-order valence-electron chi connectivity index (χ0n) is 11.9. The topological polar surface area (TPSA) is 32.3 Å². The van der Waals surface area contributed by atoms with Crippen molar-refractivity contribution in [1.82, 2.24) is 5.32 Å². The van der Waals surface area contributed by atoms with E-state index in [-0.39, 0.29) is 5.91 Å². The van der Waals surface area contributed by atoms with Crippen LogP contribution in [0.25, 0.3) is 0 Å². The summed E-state index contributed by atoms with van der Waals surface area (Å²) in [6, 6.07) is 8.25.